The molecule has 0 atom stereocenters. The van der Waals surface area contributed by atoms with Gasteiger partial charge < -0.3 is 4.74 Å². The van der Waals surface area contributed by atoms with E-state index in [9.17, 15) is 14.9 Å². The van der Waals surface area contributed by atoms with Crippen LogP contribution in [0.4, 0.5) is 5.69 Å². The van der Waals surface area contributed by atoms with E-state index in [1.165, 1.54) is 36.4 Å². The number of rotatable bonds is 4. The lowest BCUT2D eigenvalue weighted by Gasteiger charge is -2.02. The first-order valence-corrected chi connectivity index (χ1v) is 6.72. The molecule has 0 fully saturated rings. The number of para-hydroxylation sites is 1. The van der Waals surface area contributed by atoms with Gasteiger partial charge in [0.15, 0.2) is 0 Å². The molecule has 114 valence electrons. The molecule has 0 radical (unpaired) electrons. The molecule has 0 saturated heterocycles. The van der Waals surface area contributed by atoms with E-state index in [0.29, 0.717) is 5.56 Å². The van der Waals surface area contributed by atoms with Crippen LogP contribution in [0.5, 0.6) is 5.75 Å². The van der Waals surface area contributed by atoms with Gasteiger partial charge in [-0.1, -0.05) is 29.8 Å². The summed E-state index contributed by atoms with van der Waals surface area (Å²) in [5, 5.41) is 19.7. The van der Waals surface area contributed by atoms with E-state index in [1.807, 2.05) is 6.07 Å². The van der Waals surface area contributed by atoms with Gasteiger partial charge in [-0.25, -0.2) is 4.79 Å². The molecule has 0 saturated carbocycles. The number of esters is 1. The Kier molecular flexibility index (Phi) is 5.07. The van der Waals surface area contributed by atoms with Gasteiger partial charge in [0, 0.05) is 12.1 Å². The van der Waals surface area contributed by atoms with Crippen LogP contribution in [0.2, 0.25) is 5.02 Å². The Bertz CT molecular complexity index is 840. The highest BCUT2D eigenvalue weighted by Gasteiger charge is 2.12. The first-order valence-electron chi connectivity index (χ1n) is 6.34. The Labute approximate surface area is 136 Å². The summed E-state index contributed by atoms with van der Waals surface area (Å²) < 4.78 is 5.05. The largest absolute Gasteiger partial charge is 0.422 e. The fourth-order valence-corrected chi connectivity index (χ4v) is 1.91. The van der Waals surface area contributed by atoms with Gasteiger partial charge in [0.25, 0.3) is 5.69 Å². The molecular formula is C16H9ClN2O4. The van der Waals surface area contributed by atoms with E-state index < -0.39 is 10.9 Å². The van der Waals surface area contributed by atoms with Gasteiger partial charge in [0.2, 0.25) is 0 Å². The molecule has 2 rings (SSSR count). The topological polar surface area (TPSA) is 93.2 Å². The molecule has 7 heteroatoms. The summed E-state index contributed by atoms with van der Waals surface area (Å²) in [6.07, 6.45) is 2.47. The first-order chi connectivity index (χ1) is 11.0. The van der Waals surface area contributed by atoms with E-state index in [-0.39, 0.29) is 22.0 Å². The maximum atomic E-state index is 11.8. The smallest absolute Gasteiger partial charge is 0.336 e. The third kappa shape index (κ3) is 4.15. The highest BCUT2D eigenvalue weighted by molar-refractivity contribution is 6.32. The van der Waals surface area contributed by atoms with E-state index >= 15 is 0 Å². The predicted molar refractivity (Wildman–Crippen MR) is 83.9 cm³/mol. The summed E-state index contributed by atoms with van der Waals surface area (Å²) in [5.74, 6) is -0.558. The van der Waals surface area contributed by atoms with Crippen LogP contribution < -0.4 is 4.74 Å². The van der Waals surface area contributed by atoms with Crippen LogP contribution in [-0.4, -0.2) is 10.9 Å². The van der Waals surface area contributed by atoms with Gasteiger partial charge in [-0.05, 0) is 29.8 Å². The number of hydrogen-bond acceptors (Lipinski definition) is 5. The molecule has 0 heterocycles. The van der Waals surface area contributed by atoms with E-state index in [1.54, 1.807) is 12.1 Å². The van der Waals surface area contributed by atoms with Crippen LogP contribution >= 0.6 is 11.6 Å². The van der Waals surface area contributed by atoms with Crippen LogP contribution in [0.3, 0.4) is 0 Å². The second kappa shape index (κ2) is 7.20. The molecule has 2 aromatic rings. The fraction of sp³-hybridized carbons (Fsp3) is 0. The number of nitrogens with zero attached hydrogens (tertiary/aromatic N) is 2. The van der Waals surface area contributed by atoms with Crippen molar-refractivity contribution in [2.75, 3.05) is 0 Å². The average Bonchev–Trinajstić information content (AvgIpc) is 2.54. The molecule has 0 aromatic heterocycles. The lowest BCUT2D eigenvalue weighted by Crippen LogP contribution is -2.04. The number of halogens is 1. The van der Waals surface area contributed by atoms with Gasteiger partial charge in [-0.3, -0.25) is 10.1 Å². The number of ether oxygens (including phenoxy) is 1. The summed E-state index contributed by atoms with van der Waals surface area (Å²) >= 11 is 5.71. The Balaban J connectivity index is 2.14. The van der Waals surface area contributed by atoms with Crippen molar-refractivity contribution in [2.24, 2.45) is 0 Å². The maximum absolute atomic E-state index is 11.8. The maximum Gasteiger partial charge on any atom is 0.336 e. The molecule has 0 spiro atoms. The number of nitro groups is 1. The second-order valence-electron chi connectivity index (χ2n) is 4.33. The minimum Gasteiger partial charge on any atom is -0.422 e. The first kappa shape index (κ1) is 16.2. The molecule has 0 aliphatic carbocycles. The fourth-order valence-electron chi connectivity index (χ4n) is 1.73. The summed E-state index contributed by atoms with van der Waals surface area (Å²) in [5.41, 5.74) is 0.403. The minimum absolute atomic E-state index is 0.0117. The monoisotopic (exact) mass is 328 g/mol. The SMILES string of the molecule is N#Cc1ccccc1OC(=O)/C=C/c1ccc(Cl)c([N+](=O)[O-])c1. The second-order valence-corrected chi connectivity index (χ2v) is 4.74. The number of carbonyl (C=O) groups is 1. The molecule has 0 unspecified atom stereocenters. The van der Waals surface area contributed by atoms with Crippen LogP contribution in [-0.2, 0) is 4.79 Å². The number of benzene rings is 2. The molecule has 0 N–H and O–H groups in total. The third-order valence-electron chi connectivity index (χ3n) is 2.80. The van der Waals surface area contributed by atoms with Gasteiger partial charge in [-0.15, -0.1) is 0 Å². The summed E-state index contributed by atoms with van der Waals surface area (Å²) in [6.45, 7) is 0. The Morgan fingerprint density at radius 2 is 2.04 bits per heavy atom. The molecule has 0 aliphatic heterocycles. The number of hydrogen-bond donors (Lipinski definition) is 0. The zero-order chi connectivity index (χ0) is 16.8. The van der Waals surface area contributed by atoms with Crippen molar-refractivity contribution in [2.45, 2.75) is 0 Å². The van der Waals surface area contributed by atoms with Crippen molar-refractivity contribution in [3.05, 3.63) is 74.8 Å². The van der Waals surface area contributed by atoms with Crippen molar-refractivity contribution in [1.29, 1.82) is 5.26 Å². The molecule has 0 aliphatic rings. The standard InChI is InChI=1S/C16H9ClN2O4/c17-13-7-5-11(9-14(13)19(21)22)6-8-16(20)23-15-4-2-1-3-12(15)10-18/h1-9H/b8-6+. The van der Waals surface area contributed by atoms with Gasteiger partial charge in [-0.2, -0.15) is 5.26 Å². The van der Waals surface area contributed by atoms with Crippen molar-refractivity contribution < 1.29 is 14.5 Å². The third-order valence-corrected chi connectivity index (χ3v) is 3.12. The van der Waals surface area contributed by atoms with Crippen LogP contribution in [0.15, 0.2) is 48.5 Å². The zero-order valence-corrected chi connectivity index (χ0v) is 12.4. The van der Waals surface area contributed by atoms with Crippen molar-refractivity contribution in [3.8, 4) is 11.8 Å². The Morgan fingerprint density at radius 3 is 2.74 bits per heavy atom. The normalized spacial score (nSPS) is 10.3. The van der Waals surface area contributed by atoms with Crippen molar-refractivity contribution in [3.63, 3.8) is 0 Å². The van der Waals surface area contributed by atoms with Gasteiger partial charge in [0.1, 0.15) is 16.8 Å². The summed E-state index contributed by atoms with van der Waals surface area (Å²) in [4.78, 5) is 21.9. The van der Waals surface area contributed by atoms with Crippen molar-refractivity contribution in [1.82, 2.24) is 0 Å². The predicted octanol–water partition coefficient (Wildman–Crippen LogP) is 3.74. The highest BCUT2D eigenvalue weighted by atomic mass is 35.5. The quantitative estimate of drug-likeness (QED) is 0.280. The number of nitriles is 1. The minimum atomic E-state index is -0.703. The van der Waals surface area contributed by atoms with Crippen LogP contribution in [0.1, 0.15) is 11.1 Å². The number of carbonyl (C=O) groups excluding carboxylic acids is 1. The Morgan fingerprint density at radius 1 is 1.30 bits per heavy atom. The summed E-state index contributed by atoms with van der Waals surface area (Å²) in [6, 6.07) is 12.4. The lowest BCUT2D eigenvalue weighted by molar-refractivity contribution is -0.384. The van der Waals surface area contributed by atoms with Crippen molar-refractivity contribution >= 4 is 29.3 Å². The average molecular weight is 329 g/mol. The lowest BCUT2D eigenvalue weighted by atomic mass is 10.2. The van der Waals surface area contributed by atoms with Crippen LogP contribution in [0, 0.1) is 21.4 Å². The van der Waals surface area contributed by atoms with Crippen LogP contribution in [0.25, 0.3) is 6.08 Å². The van der Waals surface area contributed by atoms with E-state index in [4.69, 9.17) is 21.6 Å². The molecule has 23 heavy (non-hydrogen) atoms. The highest BCUT2D eigenvalue weighted by Crippen LogP contribution is 2.25. The molecule has 0 bridgehead atoms. The zero-order valence-electron chi connectivity index (χ0n) is 11.6. The Hall–Kier alpha value is -3.17. The van der Waals surface area contributed by atoms with E-state index in [0.717, 1.165) is 6.08 Å². The van der Waals surface area contributed by atoms with Gasteiger partial charge >= 0.3 is 5.97 Å². The molecule has 2 aromatic carbocycles. The summed E-state index contributed by atoms with van der Waals surface area (Å²) in [7, 11) is 0. The van der Waals surface area contributed by atoms with E-state index in [2.05, 4.69) is 0 Å². The molecule has 6 nitrogen and oxygen atoms in total. The molecule has 0 amide bonds. The molecular weight excluding hydrogens is 320 g/mol. The van der Waals surface area contributed by atoms with Gasteiger partial charge in [0.05, 0.1) is 10.5 Å². The number of nitro benzene ring substituents is 1.